The molecule has 0 amide bonds. The fraction of sp³-hybridized carbons (Fsp3) is 0.750. The molecule has 0 N–H and O–H groups in total. The predicted octanol–water partition coefficient (Wildman–Crippen LogP) is 7.54. The number of hydrogen-bond acceptors (Lipinski definition) is 1. The summed E-state index contributed by atoms with van der Waals surface area (Å²) in [7, 11) is 0. The van der Waals surface area contributed by atoms with E-state index in [0.29, 0.717) is 28.4 Å². The van der Waals surface area contributed by atoms with Gasteiger partial charge in [-0.25, -0.2) is 0 Å². The molecule has 160 valence electrons. The largest absolute Gasteiger partial charge is 0.295 e. The molecule has 0 bridgehead atoms. The second-order valence-corrected chi connectivity index (χ2v) is 11.6. The fourth-order valence-corrected chi connectivity index (χ4v) is 8.10. The molecular formula is C28H42O. The number of hydrogen-bond donors (Lipinski definition) is 0. The summed E-state index contributed by atoms with van der Waals surface area (Å²) in [5, 5.41) is 0. The van der Waals surface area contributed by atoms with E-state index in [1.165, 1.54) is 49.7 Å². The molecule has 0 radical (unpaired) electrons. The number of ketones is 1. The molecule has 4 aliphatic carbocycles. The van der Waals surface area contributed by atoms with Crippen LogP contribution in [0.15, 0.2) is 36.0 Å². The van der Waals surface area contributed by atoms with Crippen molar-refractivity contribution >= 4 is 5.78 Å². The third-order valence-electron chi connectivity index (χ3n) is 10.2. The van der Waals surface area contributed by atoms with Crippen molar-refractivity contribution < 1.29 is 4.79 Å². The molecule has 3 fully saturated rings. The molecule has 0 heterocycles. The fourth-order valence-electron chi connectivity index (χ4n) is 8.10. The highest BCUT2D eigenvalue weighted by Crippen LogP contribution is 2.67. The van der Waals surface area contributed by atoms with Crippen molar-refractivity contribution in [1.29, 1.82) is 0 Å². The van der Waals surface area contributed by atoms with Crippen LogP contribution in [0.1, 0.15) is 86.0 Å². The molecule has 0 aromatic carbocycles. The number of fused-ring (bicyclic) bond motifs is 5. The lowest BCUT2D eigenvalue weighted by atomic mass is 9.46. The highest BCUT2D eigenvalue weighted by molar-refractivity contribution is 5.91. The molecule has 4 aliphatic rings. The van der Waals surface area contributed by atoms with E-state index in [9.17, 15) is 4.79 Å². The Morgan fingerprint density at radius 3 is 2.55 bits per heavy atom. The molecule has 1 heteroatoms. The molecule has 0 aromatic rings. The molecule has 8 atom stereocenters. The van der Waals surface area contributed by atoms with Crippen molar-refractivity contribution in [2.24, 2.45) is 46.3 Å². The Bertz CT molecular complexity index is 741. The molecule has 0 spiro atoms. The maximum absolute atomic E-state index is 12.0. The van der Waals surface area contributed by atoms with E-state index < -0.39 is 0 Å². The molecule has 0 unspecified atom stereocenters. The number of carbonyl (C=O) groups excluding carboxylic acids is 1. The van der Waals surface area contributed by atoms with Crippen LogP contribution in [-0.2, 0) is 4.79 Å². The van der Waals surface area contributed by atoms with Crippen molar-refractivity contribution in [2.45, 2.75) is 86.0 Å². The number of allylic oxidation sites excluding steroid dienone is 4. The summed E-state index contributed by atoms with van der Waals surface area (Å²) < 4.78 is 0. The number of carbonyl (C=O) groups is 1. The third kappa shape index (κ3) is 3.41. The first-order valence-corrected chi connectivity index (χ1v) is 12.2. The summed E-state index contributed by atoms with van der Waals surface area (Å²) >= 11 is 0. The van der Waals surface area contributed by atoms with Gasteiger partial charge in [-0.3, -0.25) is 4.79 Å². The lowest BCUT2D eigenvalue weighted by molar-refractivity contribution is -0.117. The van der Waals surface area contributed by atoms with E-state index in [2.05, 4.69) is 53.3 Å². The second kappa shape index (κ2) is 7.54. The first kappa shape index (κ1) is 21.1. The molecular weight excluding hydrogens is 352 g/mol. The quantitative estimate of drug-likeness (QED) is 0.450. The van der Waals surface area contributed by atoms with Gasteiger partial charge in [0.1, 0.15) is 0 Å². The minimum absolute atomic E-state index is 0.304. The maximum atomic E-state index is 12.0. The standard InChI is InChI=1S/C28H42O/c1-18(2)19(3)7-8-20(4)24-11-12-25-23-10-9-21-17-22(29)13-15-27(21,5)26(23)14-16-28(24,25)6/h7-8,17,19-20,23-26H,1,9-16H2,2-6H3/b8-7+/t19-,20+,23-,24+,25-,26-,27-,28+/m0/s1. The van der Waals surface area contributed by atoms with Gasteiger partial charge in [0, 0.05) is 6.42 Å². The van der Waals surface area contributed by atoms with Crippen LogP contribution >= 0.6 is 0 Å². The Balaban J connectivity index is 1.54. The highest BCUT2D eigenvalue weighted by atomic mass is 16.1. The lowest BCUT2D eigenvalue weighted by Crippen LogP contribution is -2.50. The molecule has 4 rings (SSSR count). The molecule has 0 aliphatic heterocycles. The van der Waals surface area contributed by atoms with Crippen LogP contribution < -0.4 is 0 Å². The molecule has 0 aromatic heterocycles. The summed E-state index contributed by atoms with van der Waals surface area (Å²) in [6.45, 7) is 16.1. The summed E-state index contributed by atoms with van der Waals surface area (Å²) in [6.07, 6.45) is 16.9. The van der Waals surface area contributed by atoms with Gasteiger partial charge in [-0.1, -0.05) is 57.6 Å². The van der Waals surface area contributed by atoms with Gasteiger partial charge >= 0.3 is 0 Å². The Kier molecular flexibility index (Phi) is 5.50. The van der Waals surface area contributed by atoms with Crippen LogP contribution in [0.5, 0.6) is 0 Å². The molecule has 3 saturated carbocycles. The minimum atomic E-state index is 0.304. The lowest BCUT2D eigenvalue weighted by Gasteiger charge is -2.58. The van der Waals surface area contributed by atoms with Crippen molar-refractivity contribution in [2.75, 3.05) is 0 Å². The Labute approximate surface area is 179 Å². The highest BCUT2D eigenvalue weighted by Gasteiger charge is 2.59. The van der Waals surface area contributed by atoms with Gasteiger partial charge in [-0.2, -0.15) is 0 Å². The van der Waals surface area contributed by atoms with Crippen LogP contribution in [0.4, 0.5) is 0 Å². The first-order chi connectivity index (χ1) is 13.7. The maximum Gasteiger partial charge on any atom is 0.155 e. The summed E-state index contributed by atoms with van der Waals surface area (Å²) in [6, 6.07) is 0. The Morgan fingerprint density at radius 1 is 1.07 bits per heavy atom. The van der Waals surface area contributed by atoms with E-state index >= 15 is 0 Å². The van der Waals surface area contributed by atoms with Gasteiger partial charge < -0.3 is 0 Å². The molecule has 0 saturated heterocycles. The smallest absolute Gasteiger partial charge is 0.155 e. The van der Waals surface area contributed by atoms with E-state index in [1.54, 1.807) is 0 Å². The summed E-state index contributed by atoms with van der Waals surface area (Å²) in [5.74, 6) is 4.90. The van der Waals surface area contributed by atoms with Crippen LogP contribution in [0.3, 0.4) is 0 Å². The van der Waals surface area contributed by atoms with Gasteiger partial charge in [0.25, 0.3) is 0 Å². The van der Waals surface area contributed by atoms with Gasteiger partial charge in [-0.05, 0) is 104 Å². The second-order valence-electron chi connectivity index (χ2n) is 11.6. The van der Waals surface area contributed by atoms with Crippen LogP contribution in [-0.4, -0.2) is 5.78 Å². The van der Waals surface area contributed by atoms with Gasteiger partial charge in [0.2, 0.25) is 0 Å². The predicted molar refractivity (Wildman–Crippen MR) is 122 cm³/mol. The van der Waals surface area contributed by atoms with Gasteiger partial charge in [0.15, 0.2) is 5.78 Å². The van der Waals surface area contributed by atoms with Crippen molar-refractivity contribution in [3.8, 4) is 0 Å². The van der Waals surface area contributed by atoms with E-state index in [1.807, 2.05) is 6.08 Å². The van der Waals surface area contributed by atoms with Crippen molar-refractivity contribution in [1.82, 2.24) is 0 Å². The zero-order valence-corrected chi connectivity index (χ0v) is 19.5. The minimum Gasteiger partial charge on any atom is -0.295 e. The first-order valence-electron chi connectivity index (χ1n) is 12.2. The van der Waals surface area contributed by atoms with Crippen molar-refractivity contribution in [3.63, 3.8) is 0 Å². The van der Waals surface area contributed by atoms with Crippen LogP contribution in [0.25, 0.3) is 0 Å². The van der Waals surface area contributed by atoms with Gasteiger partial charge in [-0.15, -0.1) is 0 Å². The zero-order chi connectivity index (χ0) is 21.0. The Hall–Kier alpha value is -1.11. The summed E-state index contributed by atoms with van der Waals surface area (Å²) in [4.78, 5) is 12.0. The zero-order valence-electron chi connectivity index (χ0n) is 19.5. The van der Waals surface area contributed by atoms with Crippen LogP contribution in [0.2, 0.25) is 0 Å². The van der Waals surface area contributed by atoms with E-state index in [0.717, 1.165) is 36.5 Å². The van der Waals surface area contributed by atoms with Gasteiger partial charge in [0.05, 0.1) is 0 Å². The third-order valence-corrected chi connectivity index (χ3v) is 10.2. The molecule has 1 nitrogen and oxygen atoms in total. The normalized spacial score (nSPS) is 43.9. The number of rotatable bonds is 4. The molecule has 29 heavy (non-hydrogen) atoms. The monoisotopic (exact) mass is 394 g/mol. The Morgan fingerprint density at radius 2 is 1.83 bits per heavy atom. The van der Waals surface area contributed by atoms with Crippen LogP contribution in [0, 0.1) is 46.3 Å². The average Bonchev–Trinajstić information content (AvgIpc) is 3.03. The average molecular weight is 395 g/mol. The van der Waals surface area contributed by atoms with E-state index in [4.69, 9.17) is 0 Å². The summed E-state index contributed by atoms with van der Waals surface area (Å²) in [5.41, 5.74) is 3.56. The SMILES string of the molecule is C=C(C)[C@@H](C)/C=C/[C@@H](C)[C@H]1CC[C@H]2[C@@H]3CCC4=CC(=O)CC[C@]4(C)[C@H]3CC[C@]12C. The topological polar surface area (TPSA) is 17.1 Å². The van der Waals surface area contributed by atoms with Crippen molar-refractivity contribution in [3.05, 3.63) is 36.0 Å². The van der Waals surface area contributed by atoms with E-state index in [-0.39, 0.29) is 0 Å².